The van der Waals surface area contributed by atoms with Crippen LogP contribution in [0.15, 0.2) is 53.4 Å². The van der Waals surface area contributed by atoms with Gasteiger partial charge in [-0.05, 0) is 68.3 Å². The van der Waals surface area contributed by atoms with Gasteiger partial charge in [-0.2, -0.15) is 4.31 Å². The molecular formula is C20H23FN2O4S. The summed E-state index contributed by atoms with van der Waals surface area (Å²) in [7, 11) is -3.68. The summed E-state index contributed by atoms with van der Waals surface area (Å²) >= 11 is 0. The van der Waals surface area contributed by atoms with Gasteiger partial charge in [-0.3, -0.25) is 4.79 Å². The minimum absolute atomic E-state index is 0.0613. The van der Waals surface area contributed by atoms with Gasteiger partial charge < -0.3 is 10.1 Å². The van der Waals surface area contributed by atoms with E-state index in [0.717, 1.165) is 17.9 Å². The van der Waals surface area contributed by atoms with E-state index >= 15 is 0 Å². The van der Waals surface area contributed by atoms with Crippen molar-refractivity contribution in [1.29, 1.82) is 0 Å². The molecule has 1 heterocycles. The van der Waals surface area contributed by atoms with Gasteiger partial charge in [-0.25, -0.2) is 12.8 Å². The number of rotatable bonds is 6. The third-order valence-electron chi connectivity index (χ3n) is 4.71. The molecule has 150 valence electrons. The molecule has 6 nitrogen and oxygen atoms in total. The second-order valence-corrected chi connectivity index (χ2v) is 8.52. The SMILES string of the molecule is CCOc1ccc(NC(=O)C2CCN(S(=O)(=O)c3ccc(F)cc3)CC2)cc1. The van der Waals surface area contributed by atoms with Crippen LogP contribution in [0.25, 0.3) is 0 Å². The Morgan fingerprint density at radius 2 is 1.71 bits per heavy atom. The highest BCUT2D eigenvalue weighted by atomic mass is 32.2. The van der Waals surface area contributed by atoms with Crippen LogP contribution >= 0.6 is 0 Å². The monoisotopic (exact) mass is 406 g/mol. The van der Waals surface area contributed by atoms with Crippen LogP contribution in [0, 0.1) is 11.7 Å². The Hall–Kier alpha value is -2.45. The van der Waals surface area contributed by atoms with Crippen molar-refractivity contribution in [1.82, 2.24) is 4.31 Å². The summed E-state index contributed by atoms with van der Waals surface area (Å²) in [5.74, 6) is -0.127. The Morgan fingerprint density at radius 3 is 2.29 bits per heavy atom. The van der Waals surface area contributed by atoms with Gasteiger partial charge in [0, 0.05) is 24.7 Å². The Kier molecular flexibility index (Phi) is 6.31. The van der Waals surface area contributed by atoms with Crippen molar-refractivity contribution >= 4 is 21.6 Å². The zero-order valence-electron chi connectivity index (χ0n) is 15.6. The number of piperidine rings is 1. The minimum Gasteiger partial charge on any atom is -0.494 e. The van der Waals surface area contributed by atoms with Crippen molar-refractivity contribution in [2.24, 2.45) is 5.92 Å². The second kappa shape index (κ2) is 8.70. The minimum atomic E-state index is -3.68. The van der Waals surface area contributed by atoms with Crippen molar-refractivity contribution in [3.05, 3.63) is 54.3 Å². The van der Waals surface area contributed by atoms with Crippen LogP contribution in [-0.2, 0) is 14.8 Å². The smallest absolute Gasteiger partial charge is 0.243 e. The van der Waals surface area contributed by atoms with E-state index < -0.39 is 15.8 Å². The Morgan fingerprint density at radius 1 is 1.11 bits per heavy atom. The first kappa shape index (κ1) is 20.3. The van der Waals surface area contributed by atoms with E-state index in [2.05, 4.69) is 5.32 Å². The Labute approximate surface area is 164 Å². The molecule has 2 aromatic carbocycles. The number of amides is 1. The molecule has 0 saturated carbocycles. The molecule has 1 amide bonds. The lowest BCUT2D eigenvalue weighted by atomic mass is 9.97. The number of carbonyl (C=O) groups excluding carboxylic acids is 1. The average Bonchev–Trinajstić information content (AvgIpc) is 2.70. The quantitative estimate of drug-likeness (QED) is 0.799. The normalized spacial score (nSPS) is 15.9. The highest BCUT2D eigenvalue weighted by molar-refractivity contribution is 7.89. The first-order valence-corrected chi connectivity index (χ1v) is 10.6. The number of nitrogens with one attached hydrogen (secondary N) is 1. The number of anilines is 1. The van der Waals surface area contributed by atoms with Crippen molar-refractivity contribution in [2.75, 3.05) is 25.0 Å². The number of hydrogen-bond donors (Lipinski definition) is 1. The largest absolute Gasteiger partial charge is 0.494 e. The highest BCUT2D eigenvalue weighted by Crippen LogP contribution is 2.25. The van der Waals surface area contributed by atoms with Crippen LogP contribution in [-0.4, -0.2) is 38.3 Å². The number of benzene rings is 2. The van der Waals surface area contributed by atoms with Gasteiger partial charge in [0.1, 0.15) is 11.6 Å². The summed E-state index contributed by atoms with van der Waals surface area (Å²) in [6.45, 7) is 2.98. The zero-order valence-corrected chi connectivity index (χ0v) is 16.4. The maximum atomic E-state index is 13.0. The van der Waals surface area contributed by atoms with Gasteiger partial charge >= 0.3 is 0 Å². The molecule has 0 atom stereocenters. The summed E-state index contributed by atoms with van der Waals surface area (Å²) in [6.07, 6.45) is 0.868. The summed E-state index contributed by atoms with van der Waals surface area (Å²) in [5.41, 5.74) is 0.676. The predicted molar refractivity (Wildman–Crippen MR) is 104 cm³/mol. The number of hydrogen-bond acceptors (Lipinski definition) is 4. The molecule has 1 N–H and O–H groups in total. The van der Waals surface area contributed by atoms with Crippen molar-refractivity contribution in [2.45, 2.75) is 24.7 Å². The molecule has 0 aromatic heterocycles. The van der Waals surface area contributed by atoms with Gasteiger partial charge in [-0.1, -0.05) is 0 Å². The molecule has 2 aromatic rings. The van der Waals surface area contributed by atoms with Gasteiger partial charge in [0.25, 0.3) is 0 Å². The summed E-state index contributed by atoms with van der Waals surface area (Å²) in [6, 6.07) is 11.9. The topological polar surface area (TPSA) is 75.7 Å². The second-order valence-electron chi connectivity index (χ2n) is 6.58. The molecule has 0 bridgehead atoms. The fraction of sp³-hybridized carbons (Fsp3) is 0.350. The third-order valence-corrected chi connectivity index (χ3v) is 6.62. The third kappa shape index (κ3) is 4.69. The van der Waals surface area contributed by atoms with Crippen LogP contribution < -0.4 is 10.1 Å². The van der Waals surface area contributed by atoms with E-state index in [1.165, 1.54) is 16.4 Å². The standard InChI is InChI=1S/C20H23FN2O4S/c1-2-27-18-7-5-17(6-8-18)22-20(24)15-11-13-23(14-12-15)28(25,26)19-9-3-16(21)4-10-19/h3-10,15H,2,11-14H2,1H3,(H,22,24). The van der Waals surface area contributed by atoms with E-state index in [0.29, 0.717) is 25.1 Å². The molecule has 1 saturated heterocycles. The number of sulfonamides is 1. The van der Waals surface area contributed by atoms with E-state index in [4.69, 9.17) is 4.74 Å². The molecule has 1 fully saturated rings. The van der Waals surface area contributed by atoms with E-state index in [-0.39, 0.29) is 29.8 Å². The summed E-state index contributed by atoms with van der Waals surface area (Å²) in [5, 5.41) is 2.87. The molecule has 0 aliphatic carbocycles. The lowest BCUT2D eigenvalue weighted by Gasteiger charge is -2.30. The molecule has 1 aliphatic heterocycles. The van der Waals surface area contributed by atoms with E-state index in [9.17, 15) is 17.6 Å². The van der Waals surface area contributed by atoms with Crippen LogP contribution in [0.2, 0.25) is 0 Å². The van der Waals surface area contributed by atoms with Crippen molar-refractivity contribution in [3.63, 3.8) is 0 Å². The number of carbonyl (C=O) groups is 1. The lowest BCUT2D eigenvalue weighted by Crippen LogP contribution is -2.41. The first-order chi connectivity index (χ1) is 13.4. The van der Waals surface area contributed by atoms with Crippen LogP contribution in [0.4, 0.5) is 10.1 Å². The fourth-order valence-electron chi connectivity index (χ4n) is 3.16. The zero-order chi connectivity index (χ0) is 20.1. The number of halogens is 1. The molecule has 8 heteroatoms. The van der Waals surface area contributed by atoms with Gasteiger partial charge in [-0.15, -0.1) is 0 Å². The Balaban J connectivity index is 1.57. The molecule has 28 heavy (non-hydrogen) atoms. The van der Waals surface area contributed by atoms with Crippen LogP contribution in [0.3, 0.4) is 0 Å². The number of nitrogens with zero attached hydrogens (tertiary/aromatic N) is 1. The van der Waals surface area contributed by atoms with Crippen LogP contribution in [0.5, 0.6) is 5.75 Å². The molecule has 1 aliphatic rings. The van der Waals surface area contributed by atoms with Crippen molar-refractivity contribution in [3.8, 4) is 5.75 Å². The van der Waals surface area contributed by atoms with Crippen LogP contribution in [0.1, 0.15) is 19.8 Å². The lowest BCUT2D eigenvalue weighted by molar-refractivity contribution is -0.120. The number of ether oxygens (including phenoxy) is 1. The fourth-order valence-corrected chi connectivity index (χ4v) is 4.63. The molecule has 3 rings (SSSR count). The molecule has 0 unspecified atom stereocenters. The van der Waals surface area contributed by atoms with Crippen molar-refractivity contribution < 1.29 is 22.3 Å². The summed E-state index contributed by atoms with van der Waals surface area (Å²) < 4.78 is 45.0. The maximum Gasteiger partial charge on any atom is 0.243 e. The maximum absolute atomic E-state index is 13.0. The Bertz CT molecular complexity index is 906. The van der Waals surface area contributed by atoms with Gasteiger partial charge in [0.2, 0.25) is 15.9 Å². The van der Waals surface area contributed by atoms with Gasteiger partial charge in [0.05, 0.1) is 11.5 Å². The summed E-state index contributed by atoms with van der Waals surface area (Å²) in [4.78, 5) is 12.6. The first-order valence-electron chi connectivity index (χ1n) is 9.19. The average molecular weight is 406 g/mol. The predicted octanol–water partition coefficient (Wildman–Crippen LogP) is 3.26. The molecular weight excluding hydrogens is 383 g/mol. The van der Waals surface area contributed by atoms with Gasteiger partial charge in [0.15, 0.2) is 0 Å². The molecule has 0 spiro atoms. The highest BCUT2D eigenvalue weighted by Gasteiger charge is 2.32. The van der Waals surface area contributed by atoms with E-state index in [1.807, 2.05) is 6.92 Å². The van der Waals surface area contributed by atoms with E-state index in [1.54, 1.807) is 24.3 Å². The molecule has 0 radical (unpaired) electrons.